The number of hydrogen-bond donors (Lipinski definition) is 1. The Morgan fingerprint density at radius 2 is 2.04 bits per heavy atom. The van der Waals surface area contributed by atoms with E-state index in [0.717, 1.165) is 49.7 Å². The molecule has 1 unspecified atom stereocenters. The first kappa shape index (κ1) is 18.6. The second kappa shape index (κ2) is 8.47. The van der Waals surface area contributed by atoms with Crippen molar-refractivity contribution in [2.45, 2.75) is 38.8 Å². The van der Waals surface area contributed by atoms with Crippen LogP contribution in [0.1, 0.15) is 38.6 Å². The molecule has 1 atom stereocenters. The van der Waals surface area contributed by atoms with Crippen LogP contribution in [-0.2, 0) is 4.79 Å². The molecule has 1 saturated heterocycles. The van der Waals surface area contributed by atoms with E-state index in [2.05, 4.69) is 21.7 Å². The van der Waals surface area contributed by atoms with Crippen LogP contribution in [0.5, 0.6) is 0 Å². The first-order chi connectivity index (χ1) is 12.6. The van der Waals surface area contributed by atoms with Crippen molar-refractivity contribution in [3.63, 3.8) is 0 Å². The SMILES string of the molecule is CCN(CC(=O)O)C1CCN(C(C)c2ncc(-c3ccccc3)o2)CC1. The highest BCUT2D eigenvalue weighted by molar-refractivity contribution is 5.69. The first-order valence-electron chi connectivity index (χ1n) is 9.29. The third kappa shape index (κ3) is 4.31. The van der Waals surface area contributed by atoms with Crippen molar-refractivity contribution in [2.75, 3.05) is 26.2 Å². The number of oxazole rings is 1. The van der Waals surface area contributed by atoms with Crippen LogP contribution in [-0.4, -0.2) is 58.1 Å². The molecular formula is C20H27N3O3. The number of likely N-dealkylation sites (tertiary alicyclic amines) is 1. The van der Waals surface area contributed by atoms with Gasteiger partial charge in [0.05, 0.1) is 18.8 Å². The Morgan fingerprint density at radius 3 is 2.65 bits per heavy atom. The van der Waals surface area contributed by atoms with Crippen LogP contribution >= 0.6 is 0 Å². The average molecular weight is 357 g/mol. The third-order valence-corrected chi connectivity index (χ3v) is 5.25. The molecule has 1 aromatic carbocycles. The van der Waals surface area contributed by atoms with Gasteiger partial charge in [0, 0.05) is 24.7 Å². The van der Waals surface area contributed by atoms with Crippen LogP contribution < -0.4 is 0 Å². The van der Waals surface area contributed by atoms with Crippen LogP contribution in [0.2, 0.25) is 0 Å². The zero-order valence-electron chi connectivity index (χ0n) is 15.5. The average Bonchev–Trinajstić information content (AvgIpc) is 3.16. The number of aliphatic carboxylic acids is 1. The number of carbonyl (C=O) groups is 1. The predicted octanol–water partition coefficient (Wildman–Crippen LogP) is 3.27. The molecule has 2 heterocycles. The molecule has 1 N–H and O–H groups in total. The van der Waals surface area contributed by atoms with Crippen molar-refractivity contribution in [1.29, 1.82) is 0 Å². The molecule has 0 amide bonds. The van der Waals surface area contributed by atoms with Crippen molar-refractivity contribution in [1.82, 2.24) is 14.8 Å². The van der Waals surface area contributed by atoms with Gasteiger partial charge in [-0.05, 0) is 26.3 Å². The standard InChI is InChI=1S/C20H27N3O3/c1-3-22(14-19(24)25)17-9-11-23(12-10-17)15(2)20-21-13-18(26-20)16-7-5-4-6-8-16/h4-8,13,15,17H,3,9-12,14H2,1-2H3,(H,24,25). The summed E-state index contributed by atoms with van der Waals surface area (Å²) in [6.07, 6.45) is 3.73. The molecule has 1 aliphatic rings. The number of rotatable bonds is 7. The normalized spacial score (nSPS) is 17.5. The van der Waals surface area contributed by atoms with E-state index >= 15 is 0 Å². The number of carboxylic acid groups (broad SMARTS) is 1. The number of piperidine rings is 1. The molecular weight excluding hydrogens is 330 g/mol. The second-order valence-corrected chi connectivity index (χ2v) is 6.83. The van der Waals surface area contributed by atoms with Gasteiger partial charge in [0.2, 0.25) is 5.89 Å². The van der Waals surface area contributed by atoms with Gasteiger partial charge in [-0.3, -0.25) is 14.6 Å². The van der Waals surface area contributed by atoms with Gasteiger partial charge in [-0.1, -0.05) is 37.3 Å². The van der Waals surface area contributed by atoms with E-state index in [1.807, 2.05) is 37.3 Å². The van der Waals surface area contributed by atoms with Crippen LogP contribution in [0, 0.1) is 0 Å². The fourth-order valence-electron chi connectivity index (χ4n) is 3.68. The zero-order chi connectivity index (χ0) is 18.5. The molecule has 0 aliphatic carbocycles. The smallest absolute Gasteiger partial charge is 0.317 e. The zero-order valence-corrected chi connectivity index (χ0v) is 15.5. The number of nitrogens with zero attached hydrogens (tertiary/aromatic N) is 3. The molecule has 0 bridgehead atoms. The summed E-state index contributed by atoms with van der Waals surface area (Å²) in [6, 6.07) is 10.4. The molecule has 2 aromatic rings. The van der Waals surface area contributed by atoms with Crippen LogP contribution in [0.3, 0.4) is 0 Å². The van der Waals surface area contributed by atoms with Crippen LogP contribution in [0.4, 0.5) is 0 Å². The van der Waals surface area contributed by atoms with E-state index in [9.17, 15) is 4.79 Å². The Labute approximate surface area is 154 Å². The lowest BCUT2D eigenvalue weighted by atomic mass is 10.0. The van der Waals surface area contributed by atoms with Crippen molar-refractivity contribution in [3.8, 4) is 11.3 Å². The molecule has 26 heavy (non-hydrogen) atoms. The molecule has 0 saturated carbocycles. The van der Waals surface area contributed by atoms with Crippen molar-refractivity contribution in [2.24, 2.45) is 0 Å². The monoisotopic (exact) mass is 357 g/mol. The Balaban J connectivity index is 1.59. The number of aromatic nitrogens is 1. The van der Waals surface area contributed by atoms with Crippen molar-refractivity contribution >= 4 is 5.97 Å². The van der Waals surface area contributed by atoms with E-state index in [-0.39, 0.29) is 12.6 Å². The van der Waals surface area contributed by atoms with E-state index in [0.29, 0.717) is 6.04 Å². The fraction of sp³-hybridized carbons (Fsp3) is 0.500. The number of benzene rings is 1. The highest BCUT2D eigenvalue weighted by Gasteiger charge is 2.29. The lowest BCUT2D eigenvalue weighted by Gasteiger charge is -2.39. The molecule has 0 radical (unpaired) electrons. The number of hydrogen-bond acceptors (Lipinski definition) is 5. The van der Waals surface area contributed by atoms with Crippen LogP contribution in [0.25, 0.3) is 11.3 Å². The minimum Gasteiger partial charge on any atom is -0.480 e. The number of likely N-dealkylation sites (N-methyl/N-ethyl adjacent to an activating group) is 1. The summed E-state index contributed by atoms with van der Waals surface area (Å²) in [5.74, 6) is 0.775. The lowest BCUT2D eigenvalue weighted by Crippen LogP contribution is -2.47. The predicted molar refractivity (Wildman–Crippen MR) is 99.8 cm³/mol. The maximum absolute atomic E-state index is 11.0. The van der Waals surface area contributed by atoms with Crippen molar-refractivity contribution < 1.29 is 14.3 Å². The fourth-order valence-corrected chi connectivity index (χ4v) is 3.68. The summed E-state index contributed by atoms with van der Waals surface area (Å²) < 4.78 is 5.99. The molecule has 3 rings (SSSR count). The molecule has 1 aromatic heterocycles. The highest BCUT2D eigenvalue weighted by atomic mass is 16.4. The molecule has 1 aliphatic heterocycles. The third-order valence-electron chi connectivity index (χ3n) is 5.25. The van der Waals surface area contributed by atoms with Gasteiger partial charge in [0.25, 0.3) is 0 Å². The Kier molecular flexibility index (Phi) is 6.06. The van der Waals surface area contributed by atoms with Gasteiger partial charge in [-0.25, -0.2) is 4.98 Å². The molecule has 0 spiro atoms. The molecule has 6 heteroatoms. The second-order valence-electron chi connectivity index (χ2n) is 6.83. The van der Waals surface area contributed by atoms with Gasteiger partial charge < -0.3 is 9.52 Å². The molecule has 6 nitrogen and oxygen atoms in total. The maximum Gasteiger partial charge on any atom is 0.317 e. The quantitative estimate of drug-likeness (QED) is 0.820. The summed E-state index contributed by atoms with van der Waals surface area (Å²) in [7, 11) is 0. The van der Waals surface area contributed by atoms with E-state index < -0.39 is 5.97 Å². The van der Waals surface area contributed by atoms with Crippen molar-refractivity contribution in [3.05, 3.63) is 42.4 Å². The minimum atomic E-state index is -0.754. The van der Waals surface area contributed by atoms with Gasteiger partial charge >= 0.3 is 5.97 Å². The van der Waals surface area contributed by atoms with Gasteiger partial charge in [0.1, 0.15) is 0 Å². The Hall–Kier alpha value is -2.18. The summed E-state index contributed by atoms with van der Waals surface area (Å²) in [5.41, 5.74) is 1.03. The molecule has 1 fully saturated rings. The largest absolute Gasteiger partial charge is 0.480 e. The number of carboxylic acids is 1. The van der Waals surface area contributed by atoms with E-state index in [1.165, 1.54) is 0 Å². The van der Waals surface area contributed by atoms with Gasteiger partial charge in [-0.2, -0.15) is 0 Å². The minimum absolute atomic E-state index is 0.114. The maximum atomic E-state index is 11.0. The van der Waals surface area contributed by atoms with E-state index in [4.69, 9.17) is 9.52 Å². The molecule has 140 valence electrons. The summed E-state index contributed by atoms with van der Waals surface area (Å²) in [5, 5.41) is 9.06. The summed E-state index contributed by atoms with van der Waals surface area (Å²) >= 11 is 0. The van der Waals surface area contributed by atoms with E-state index in [1.54, 1.807) is 6.20 Å². The summed E-state index contributed by atoms with van der Waals surface area (Å²) in [6.45, 7) is 6.88. The Morgan fingerprint density at radius 1 is 1.35 bits per heavy atom. The highest BCUT2D eigenvalue weighted by Crippen LogP contribution is 2.28. The van der Waals surface area contributed by atoms with Gasteiger partial charge in [0.15, 0.2) is 5.76 Å². The van der Waals surface area contributed by atoms with Gasteiger partial charge in [-0.15, -0.1) is 0 Å². The first-order valence-corrected chi connectivity index (χ1v) is 9.29. The lowest BCUT2D eigenvalue weighted by molar-refractivity contribution is -0.139. The summed E-state index contributed by atoms with van der Waals surface area (Å²) in [4.78, 5) is 19.9. The Bertz CT molecular complexity index is 708. The topological polar surface area (TPSA) is 69.8 Å². The van der Waals surface area contributed by atoms with Crippen LogP contribution in [0.15, 0.2) is 40.9 Å².